The third kappa shape index (κ3) is 7.21. The van der Waals surface area contributed by atoms with Gasteiger partial charge >= 0.3 is 12.1 Å². The lowest BCUT2D eigenvalue weighted by Crippen LogP contribution is -2.47. The molecular weight excluding hydrogens is 360 g/mol. The lowest BCUT2D eigenvalue weighted by atomic mass is 10.2. The maximum Gasteiger partial charge on any atom is 0.412 e. The average Bonchev–Trinajstić information content (AvgIpc) is 2.52. The maximum absolute atomic E-state index is 12.6. The number of anilines is 1. The van der Waals surface area contributed by atoms with Crippen molar-refractivity contribution >= 4 is 23.7 Å². The first-order chi connectivity index (χ1) is 12.8. The summed E-state index contributed by atoms with van der Waals surface area (Å²) in [5, 5.41) is 2.59. The van der Waals surface area contributed by atoms with Crippen LogP contribution >= 0.6 is 0 Å². The van der Waals surface area contributed by atoms with Crippen molar-refractivity contribution in [1.29, 1.82) is 0 Å². The second-order valence-electron chi connectivity index (χ2n) is 8.18. The van der Waals surface area contributed by atoms with Gasteiger partial charge in [0.15, 0.2) is 6.10 Å². The molecule has 1 aromatic carbocycles. The van der Waals surface area contributed by atoms with E-state index in [2.05, 4.69) is 5.32 Å². The third-order valence-corrected chi connectivity index (χ3v) is 3.76. The largest absolute Gasteiger partial charge is 0.449 e. The van der Waals surface area contributed by atoms with Crippen molar-refractivity contribution in [1.82, 2.24) is 4.90 Å². The molecule has 1 N–H and O–H groups in total. The van der Waals surface area contributed by atoms with Crippen LogP contribution in [0, 0.1) is 0 Å². The number of rotatable bonds is 6. The normalized spacial score (nSPS) is 12.5. The van der Waals surface area contributed by atoms with Crippen molar-refractivity contribution in [3.05, 3.63) is 29.8 Å². The number of nitrogens with zero attached hydrogens (tertiary/aromatic N) is 1. The molecule has 0 aliphatic carbocycles. The van der Waals surface area contributed by atoms with Gasteiger partial charge in [-0.15, -0.1) is 0 Å². The molecule has 0 spiro atoms. The Labute approximate surface area is 167 Å². The summed E-state index contributed by atoms with van der Waals surface area (Å²) in [6.07, 6.45) is -1.47. The van der Waals surface area contributed by atoms with Crippen molar-refractivity contribution in [3.8, 4) is 0 Å². The van der Waals surface area contributed by atoms with Crippen molar-refractivity contribution in [3.63, 3.8) is 0 Å². The summed E-state index contributed by atoms with van der Waals surface area (Å²) >= 11 is 0. The highest BCUT2D eigenvalue weighted by molar-refractivity contribution is 5.93. The zero-order chi connectivity index (χ0) is 21.6. The van der Waals surface area contributed by atoms with Crippen LogP contribution in [0.5, 0.6) is 0 Å². The Bertz CT molecular complexity index is 682. The summed E-state index contributed by atoms with van der Waals surface area (Å²) < 4.78 is 10.5. The maximum atomic E-state index is 12.6. The van der Waals surface area contributed by atoms with E-state index < -0.39 is 23.8 Å². The molecule has 0 saturated carbocycles. The summed E-state index contributed by atoms with van der Waals surface area (Å²) in [5.74, 6) is -0.835. The number of carbonyl (C=O) groups is 3. The Morgan fingerprint density at radius 2 is 1.43 bits per heavy atom. The minimum Gasteiger partial charge on any atom is -0.449 e. The first-order valence-electron chi connectivity index (χ1n) is 9.45. The molecule has 0 heterocycles. The highest BCUT2D eigenvalue weighted by atomic mass is 16.6. The number of nitrogens with one attached hydrogen (secondary N) is 1. The minimum atomic E-state index is -0.892. The molecule has 156 valence electrons. The van der Waals surface area contributed by atoms with Gasteiger partial charge in [0.05, 0.1) is 5.56 Å². The molecule has 0 radical (unpaired) electrons. The van der Waals surface area contributed by atoms with Crippen molar-refractivity contribution in [2.75, 3.05) is 5.32 Å². The lowest BCUT2D eigenvalue weighted by molar-refractivity contribution is -0.143. The molecule has 28 heavy (non-hydrogen) atoms. The van der Waals surface area contributed by atoms with Gasteiger partial charge in [-0.2, -0.15) is 0 Å². The molecule has 0 unspecified atom stereocenters. The van der Waals surface area contributed by atoms with Crippen molar-refractivity contribution in [2.45, 2.75) is 79.2 Å². The monoisotopic (exact) mass is 392 g/mol. The Hall–Kier alpha value is -2.57. The van der Waals surface area contributed by atoms with E-state index >= 15 is 0 Å². The minimum absolute atomic E-state index is 0.00636. The molecule has 2 amide bonds. The summed E-state index contributed by atoms with van der Waals surface area (Å²) in [6.45, 7) is 14.6. The van der Waals surface area contributed by atoms with E-state index in [1.54, 1.807) is 44.7 Å². The van der Waals surface area contributed by atoms with E-state index in [0.717, 1.165) is 0 Å². The van der Waals surface area contributed by atoms with Gasteiger partial charge in [0, 0.05) is 17.8 Å². The molecule has 0 bridgehead atoms. The number of ether oxygens (including phenoxy) is 2. The van der Waals surface area contributed by atoms with E-state index in [0.29, 0.717) is 5.69 Å². The van der Waals surface area contributed by atoms with Crippen LogP contribution in [0.25, 0.3) is 0 Å². The number of hydrogen-bond acceptors (Lipinski definition) is 5. The fourth-order valence-corrected chi connectivity index (χ4v) is 2.71. The molecule has 7 heteroatoms. The average molecular weight is 392 g/mol. The zero-order valence-corrected chi connectivity index (χ0v) is 18.0. The Kier molecular flexibility index (Phi) is 8.02. The molecular formula is C21H32N2O5. The molecule has 0 fully saturated rings. The molecule has 1 aromatic rings. The van der Waals surface area contributed by atoms with Gasteiger partial charge < -0.3 is 14.4 Å². The standard InChI is InChI=1S/C21H32N2O5/c1-13(2)23(14(3)4)18(24)15(5)27-19(25)16-9-11-17(12-10-16)22-20(26)28-21(6,7)8/h9-15H,1-8H3,(H,22,26)/t15-/m1/s1. The van der Waals surface area contributed by atoms with Gasteiger partial charge in [0.25, 0.3) is 5.91 Å². The Morgan fingerprint density at radius 1 is 0.929 bits per heavy atom. The van der Waals surface area contributed by atoms with Crippen LogP contribution in [0.4, 0.5) is 10.5 Å². The summed E-state index contributed by atoms with van der Waals surface area (Å²) in [7, 11) is 0. The van der Waals surface area contributed by atoms with Gasteiger partial charge in [-0.25, -0.2) is 9.59 Å². The summed E-state index contributed by atoms with van der Waals surface area (Å²) in [4.78, 5) is 38.4. The van der Waals surface area contributed by atoms with Crippen molar-refractivity contribution in [2.24, 2.45) is 0 Å². The SMILES string of the molecule is CC(C)N(C(=O)[C@@H](C)OC(=O)c1ccc(NC(=O)OC(C)(C)C)cc1)C(C)C. The second kappa shape index (κ2) is 9.57. The van der Waals surface area contributed by atoms with Crippen LogP contribution in [-0.2, 0) is 14.3 Å². The van der Waals surface area contributed by atoms with E-state index in [4.69, 9.17) is 9.47 Å². The first-order valence-corrected chi connectivity index (χ1v) is 9.45. The zero-order valence-electron chi connectivity index (χ0n) is 18.0. The molecule has 1 rings (SSSR count). The highest BCUT2D eigenvalue weighted by Crippen LogP contribution is 2.15. The van der Waals surface area contributed by atoms with Gasteiger partial charge in [-0.05, 0) is 79.7 Å². The quantitative estimate of drug-likeness (QED) is 0.733. The molecule has 7 nitrogen and oxygen atoms in total. The predicted molar refractivity (Wildman–Crippen MR) is 108 cm³/mol. The summed E-state index contributed by atoms with van der Waals surface area (Å²) in [6, 6.07) is 6.20. The topological polar surface area (TPSA) is 84.9 Å². The van der Waals surface area contributed by atoms with Crippen LogP contribution in [0.15, 0.2) is 24.3 Å². The lowest BCUT2D eigenvalue weighted by Gasteiger charge is -2.32. The van der Waals surface area contributed by atoms with Crippen LogP contribution in [0.1, 0.15) is 65.7 Å². The fraction of sp³-hybridized carbons (Fsp3) is 0.571. The summed E-state index contributed by atoms with van der Waals surface area (Å²) in [5.41, 5.74) is 0.173. The third-order valence-electron chi connectivity index (χ3n) is 3.76. The van der Waals surface area contributed by atoms with Gasteiger partial charge in [0.1, 0.15) is 5.60 Å². The van der Waals surface area contributed by atoms with Gasteiger partial charge in [-0.1, -0.05) is 0 Å². The molecule has 0 saturated heterocycles. The van der Waals surface area contributed by atoms with Crippen LogP contribution < -0.4 is 5.32 Å². The molecule has 0 aliphatic rings. The van der Waals surface area contributed by atoms with Gasteiger partial charge in [-0.3, -0.25) is 10.1 Å². The number of benzene rings is 1. The highest BCUT2D eigenvalue weighted by Gasteiger charge is 2.28. The second-order valence-corrected chi connectivity index (χ2v) is 8.18. The van der Waals surface area contributed by atoms with E-state index in [-0.39, 0.29) is 23.6 Å². The molecule has 0 aromatic heterocycles. The van der Waals surface area contributed by atoms with Gasteiger partial charge in [0.2, 0.25) is 0 Å². The van der Waals surface area contributed by atoms with Crippen LogP contribution in [0.2, 0.25) is 0 Å². The van der Waals surface area contributed by atoms with Crippen LogP contribution in [0.3, 0.4) is 0 Å². The number of hydrogen-bond donors (Lipinski definition) is 1. The fourth-order valence-electron chi connectivity index (χ4n) is 2.71. The van der Waals surface area contributed by atoms with E-state index in [1.165, 1.54) is 12.1 Å². The Balaban J connectivity index is 2.72. The predicted octanol–water partition coefficient (Wildman–Crippen LogP) is 4.22. The molecule has 1 atom stereocenters. The number of esters is 1. The Morgan fingerprint density at radius 3 is 1.86 bits per heavy atom. The smallest absolute Gasteiger partial charge is 0.412 e. The number of carbonyl (C=O) groups excluding carboxylic acids is 3. The molecule has 0 aliphatic heterocycles. The number of amides is 2. The van der Waals surface area contributed by atoms with E-state index in [9.17, 15) is 14.4 Å². The first kappa shape index (κ1) is 23.5. The van der Waals surface area contributed by atoms with E-state index in [1.807, 2.05) is 27.7 Å². The van der Waals surface area contributed by atoms with Crippen molar-refractivity contribution < 1.29 is 23.9 Å². The van der Waals surface area contributed by atoms with Crippen LogP contribution in [-0.4, -0.2) is 46.7 Å².